The third-order valence-corrected chi connectivity index (χ3v) is 13.2. The van der Waals surface area contributed by atoms with Crippen LogP contribution in [-0.2, 0) is 32.7 Å². The summed E-state index contributed by atoms with van der Waals surface area (Å²) in [6.07, 6.45) is 87.7. The molecule has 0 aliphatic carbocycles. The predicted molar refractivity (Wildman–Crippen MR) is 330 cm³/mol. The van der Waals surface area contributed by atoms with Crippen molar-refractivity contribution in [2.75, 3.05) is 26.4 Å². The molecule has 0 saturated heterocycles. The van der Waals surface area contributed by atoms with Gasteiger partial charge in [0.25, 0.3) is 0 Å². The molecule has 0 fully saturated rings. The molecule has 0 spiro atoms. The standard InChI is InChI=1S/C67H110NO8P/c1-3-5-7-9-11-13-15-17-19-21-22-23-24-25-26-27-28-29-30-31-32-33-34-35-36-37-38-39-40-41-42-44-46-48-50-52-54-56-58-60-67(70)76-65(64-75-77(71,72)74-62-61-68)63-73-66(69)59-57-55-53-51-49-47-45-43-20-18-16-14-12-10-8-6-4-2/h5-8,11-14,17-20,22-23,25-26,28-29,31-32,34-35,37-38,65H,3-4,9-10,15-16,21,24,27,30,33,36,39-64,68H2,1-2H3,(H,71,72)/b7-5-,8-6-,13-11-,14-12-,19-17-,20-18-,23-22-,26-25-,29-28-,32-31-,35-34-,38-37-. The number of esters is 2. The maximum Gasteiger partial charge on any atom is 0.472 e. The van der Waals surface area contributed by atoms with Gasteiger partial charge in [-0.25, -0.2) is 4.57 Å². The van der Waals surface area contributed by atoms with Gasteiger partial charge in [-0.3, -0.25) is 18.6 Å². The molecule has 0 aliphatic heterocycles. The van der Waals surface area contributed by atoms with Gasteiger partial charge in [0.15, 0.2) is 6.10 Å². The molecular weight excluding hydrogens is 978 g/mol. The molecule has 0 heterocycles. The lowest BCUT2D eigenvalue weighted by atomic mass is 10.0. The molecule has 0 aromatic heterocycles. The van der Waals surface area contributed by atoms with E-state index in [2.05, 4.69) is 160 Å². The van der Waals surface area contributed by atoms with Gasteiger partial charge in [0.1, 0.15) is 6.61 Å². The van der Waals surface area contributed by atoms with Crippen LogP contribution in [0.5, 0.6) is 0 Å². The highest BCUT2D eigenvalue weighted by Crippen LogP contribution is 2.43. The van der Waals surface area contributed by atoms with Crippen LogP contribution in [0, 0.1) is 0 Å². The van der Waals surface area contributed by atoms with E-state index in [0.717, 1.165) is 128 Å². The van der Waals surface area contributed by atoms with Crippen molar-refractivity contribution in [2.45, 2.75) is 238 Å². The van der Waals surface area contributed by atoms with Gasteiger partial charge in [-0.2, -0.15) is 0 Å². The maximum absolute atomic E-state index is 12.7. The van der Waals surface area contributed by atoms with Gasteiger partial charge in [-0.1, -0.05) is 250 Å². The fraction of sp³-hybridized carbons (Fsp3) is 0.612. The fourth-order valence-corrected chi connectivity index (χ4v) is 8.58. The minimum atomic E-state index is -4.40. The van der Waals surface area contributed by atoms with Crippen molar-refractivity contribution < 1.29 is 37.6 Å². The smallest absolute Gasteiger partial charge is 0.462 e. The number of phosphoric acid groups is 1. The van der Waals surface area contributed by atoms with Crippen LogP contribution >= 0.6 is 7.82 Å². The summed E-state index contributed by atoms with van der Waals surface area (Å²) in [4.78, 5) is 35.2. The van der Waals surface area contributed by atoms with Crippen LogP contribution in [-0.4, -0.2) is 49.3 Å². The zero-order valence-electron chi connectivity index (χ0n) is 48.6. The number of rotatable bonds is 55. The Morgan fingerprint density at radius 3 is 1.00 bits per heavy atom. The van der Waals surface area contributed by atoms with Crippen molar-refractivity contribution in [2.24, 2.45) is 5.73 Å². The zero-order valence-corrected chi connectivity index (χ0v) is 49.5. The van der Waals surface area contributed by atoms with Crippen molar-refractivity contribution in [1.82, 2.24) is 0 Å². The Labute approximate surface area is 471 Å². The fourth-order valence-electron chi connectivity index (χ4n) is 7.82. The molecule has 0 aromatic rings. The predicted octanol–water partition coefficient (Wildman–Crippen LogP) is 19.5. The normalized spacial score (nSPS) is 14.1. The number of hydrogen-bond donors (Lipinski definition) is 2. The van der Waals surface area contributed by atoms with Gasteiger partial charge >= 0.3 is 19.8 Å². The Hall–Kier alpha value is -4.11. The molecule has 10 heteroatoms. The highest BCUT2D eigenvalue weighted by atomic mass is 31.2. The van der Waals surface area contributed by atoms with E-state index in [-0.39, 0.29) is 32.6 Å². The Morgan fingerprint density at radius 1 is 0.390 bits per heavy atom. The van der Waals surface area contributed by atoms with E-state index >= 15 is 0 Å². The summed E-state index contributed by atoms with van der Waals surface area (Å²) < 4.78 is 33.0. The van der Waals surface area contributed by atoms with Crippen molar-refractivity contribution in [3.8, 4) is 0 Å². The van der Waals surface area contributed by atoms with Crippen molar-refractivity contribution >= 4 is 19.8 Å². The molecule has 3 N–H and O–H groups in total. The van der Waals surface area contributed by atoms with Crippen molar-refractivity contribution in [3.05, 3.63) is 146 Å². The van der Waals surface area contributed by atoms with Crippen LogP contribution in [0.1, 0.15) is 232 Å². The topological polar surface area (TPSA) is 134 Å². The minimum Gasteiger partial charge on any atom is -0.462 e. The summed E-state index contributed by atoms with van der Waals surface area (Å²) in [5, 5.41) is 0. The van der Waals surface area contributed by atoms with Crippen molar-refractivity contribution in [1.29, 1.82) is 0 Å². The Morgan fingerprint density at radius 2 is 0.675 bits per heavy atom. The second-order valence-corrected chi connectivity index (χ2v) is 20.9. The lowest BCUT2D eigenvalue weighted by Crippen LogP contribution is -2.29. The molecule has 0 saturated carbocycles. The number of carbonyl (C=O) groups is 2. The zero-order chi connectivity index (χ0) is 55.9. The molecule has 0 amide bonds. The molecule has 0 bridgehead atoms. The first-order valence-corrected chi connectivity index (χ1v) is 31.8. The average molecular weight is 1090 g/mol. The largest absolute Gasteiger partial charge is 0.472 e. The summed E-state index contributed by atoms with van der Waals surface area (Å²) in [6.45, 7) is 3.49. The molecule has 0 aromatic carbocycles. The number of carbonyl (C=O) groups excluding carboxylic acids is 2. The number of hydrogen-bond acceptors (Lipinski definition) is 8. The van der Waals surface area contributed by atoms with Gasteiger partial charge in [0.05, 0.1) is 13.2 Å². The van der Waals surface area contributed by atoms with Crippen LogP contribution in [0.25, 0.3) is 0 Å². The maximum atomic E-state index is 12.7. The van der Waals surface area contributed by atoms with E-state index in [4.69, 9.17) is 24.3 Å². The lowest BCUT2D eigenvalue weighted by molar-refractivity contribution is -0.161. The third kappa shape index (κ3) is 61.0. The van der Waals surface area contributed by atoms with Crippen LogP contribution < -0.4 is 5.73 Å². The first-order chi connectivity index (χ1) is 37.8. The molecule has 0 radical (unpaired) electrons. The molecule has 2 unspecified atom stereocenters. The summed E-state index contributed by atoms with van der Waals surface area (Å²) in [5.74, 6) is -0.850. The van der Waals surface area contributed by atoms with E-state index in [1.807, 2.05) is 0 Å². The highest BCUT2D eigenvalue weighted by molar-refractivity contribution is 7.47. The van der Waals surface area contributed by atoms with E-state index in [1.54, 1.807) is 0 Å². The first-order valence-electron chi connectivity index (χ1n) is 30.3. The monoisotopic (exact) mass is 1090 g/mol. The van der Waals surface area contributed by atoms with Crippen LogP contribution in [0.15, 0.2) is 146 Å². The minimum absolute atomic E-state index is 0.0447. The van der Waals surface area contributed by atoms with Gasteiger partial charge in [0.2, 0.25) is 0 Å². The van der Waals surface area contributed by atoms with E-state index in [1.165, 1.54) is 64.2 Å². The van der Waals surface area contributed by atoms with Gasteiger partial charge in [0, 0.05) is 19.4 Å². The third-order valence-electron chi connectivity index (χ3n) is 12.2. The Kier molecular flexibility index (Phi) is 57.8. The number of phosphoric ester groups is 1. The molecular formula is C67H110NO8P. The van der Waals surface area contributed by atoms with E-state index in [9.17, 15) is 19.0 Å². The van der Waals surface area contributed by atoms with Crippen LogP contribution in [0.3, 0.4) is 0 Å². The SMILES string of the molecule is CC/C=C\C/C=C\C/C=C\C/C=C\C/C=C\C/C=C\C/C=C\C/C=C\C/C=C\CCCCCCCCCCCCCC(=O)OC(COC(=O)CCCCCCCCC/C=C\C/C=C\C/C=C\CC)COP(=O)(O)OCCN. The molecule has 436 valence electrons. The van der Waals surface area contributed by atoms with E-state index in [0.29, 0.717) is 12.8 Å². The molecule has 9 nitrogen and oxygen atoms in total. The Bertz CT molecular complexity index is 1770. The number of allylic oxidation sites excluding steroid dienone is 24. The molecule has 0 aliphatic rings. The van der Waals surface area contributed by atoms with Gasteiger partial charge < -0.3 is 20.1 Å². The van der Waals surface area contributed by atoms with Crippen molar-refractivity contribution in [3.63, 3.8) is 0 Å². The average Bonchev–Trinajstić information content (AvgIpc) is 3.42. The number of ether oxygens (including phenoxy) is 2. The number of unbranched alkanes of at least 4 members (excludes halogenated alkanes) is 18. The summed E-state index contributed by atoms with van der Waals surface area (Å²) in [6, 6.07) is 0. The van der Waals surface area contributed by atoms with Crippen LogP contribution in [0.4, 0.5) is 0 Å². The van der Waals surface area contributed by atoms with Gasteiger partial charge in [-0.15, -0.1) is 0 Å². The summed E-state index contributed by atoms with van der Waals surface area (Å²) >= 11 is 0. The second kappa shape index (κ2) is 61.1. The van der Waals surface area contributed by atoms with Crippen LogP contribution in [0.2, 0.25) is 0 Å². The lowest BCUT2D eigenvalue weighted by Gasteiger charge is -2.19. The Balaban J connectivity index is 3.97. The molecule has 0 rings (SSSR count). The summed E-state index contributed by atoms with van der Waals surface area (Å²) in [7, 11) is -4.40. The van der Waals surface area contributed by atoms with E-state index < -0.39 is 32.5 Å². The quantitative estimate of drug-likeness (QED) is 0.0264. The van der Waals surface area contributed by atoms with Gasteiger partial charge in [-0.05, 0) is 116 Å². The summed E-state index contributed by atoms with van der Waals surface area (Å²) in [5.41, 5.74) is 5.38. The highest BCUT2D eigenvalue weighted by Gasteiger charge is 2.26. The molecule has 77 heavy (non-hydrogen) atoms. The number of nitrogens with two attached hydrogens (primary N) is 1. The molecule has 2 atom stereocenters. The second-order valence-electron chi connectivity index (χ2n) is 19.5. The first kappa shape index (κ1) is 72.9.